The van der Waals surface area contributed by atoms with Crippen LogP contribution in [0.3, 0.4) is 0 Å². The maximum atomic E-state index is 13.6. The van der Waals surface area contributed by atoms with E-state index in [0.717, 1.165) is 16.7 Å². The number of hydrogen-bond donors (Lipinski definition) is 1. The monoisotopic (exact) mass is 473 g/mol. The van der Waals surface area contributed by atoms with Crippen LogP contribution in [0.1, 0.15) is 22.4 Å². The fourth-order valence-electron chi connectivity index (χ4n) is 3.41. The highest BCUT2D eigenvalue weighted by atomic mass is 32.2. The SMILES string of the molecule is Cc1c2n(c(=O)n(Cc3ccc(F)c(F)c3)c1=O)C=C(C(=O)NCc1ccc(F)cc1)SC2. The summed E-state index contributed by atoms with van der Waals surface area (Å²) in [5, 5.41) is 2.72. The van der Waals surface area contributed by atoms with Gasteiger partial charge in [0.1, 0.15) is 5.82 Å². The first-order valence-electron chi connectivity index (χ1n) is 9.90. The van der Waals surface area contributed by atoms with Gasteiger partial charge in [-0.2, -0.15) is 0 Å². The summed E-state index contributed by atoms with van der Waals surface area (Å²) in [5.74, 6) is -2.67. The van der Waals surface area contributed by atoms with E-state index < -0.39 is 28.8 Å². The van der Waals surface area contributed by atoms with E-state index in [1.165, 1.54) is 40.7 Å². The third-order valence-electron chi connectivity index (χ3n) is 5.25. The quantitative estimate of drug-likeness (QED) is 0.618. The van der Waals surface area contributed by atoms with E-state index in [4.69, 9.17) is 0 Å². The smallest absolute Gasteiger partial charge is 0.335 e. The number of halogens is 3. The van der Waals surface area contributed by atoms with Crippen LogP contribution in [-0.2, 0) is 23.6 Å². The van der Waals surface area contributed by atoms with Gasteiger partial charge in [0.25, 0.3) is 11.5 Å². The summed E-state index contributed by atoms with van der Waals surface area (Å²) in [5.41, 5.74) is 0.529. The Morgan fingerprint density at radius 2 is 1.73 bits per heavy atom. The largest absolute Gasteiger partial charge is 0.347 e. The van der Waals surface area contributed by atoms with Crippen LogP contribution in [0.5, 0.6) is 0 Å². The molecule has 4 rings (SSSR count). The Labute approximate surface area is 190 Å². The zero-order valence-electron chi connectivity index (χ0n) is 17.4. The van der Waals surface area contributed by atoms with Crippen LogP contribution < -0.4 is 16.6 Å². The molecule has 1 amide bonds. The van der Waals surface area contributed by atoms with Crippen molar-refractivity contribution in [3.8, 4) is 0 Å². The van der Waals surface area contributed by atoms with E-state index in [9.17, 15) is 27.6 Å². The predicted molar refractivity (Wildman–Crippen MR) is 119 cm³/mol. The molecule has 10 heteroatoms. The lowest BCUT2D eigenvalue weighted by atomic mass is 10.2. The van der Waals surface area contributed by atoms with Gasteiger partial charge in [0, 0.05) is 29.8 Å². The van der Waals surface area contributed by atoms with Crippen LogP contribution in [0.2, 0.25) is 0 Å². The van der Waals surface area contributed by atoms with Gasteiger partial charge >= 0.3 is 5.69 Å². The first-order valence-corrected chi connectivity index (χ1v) is 10.9. The van der Waals surface area contributed by atoms with Gasteiger partial charge in [-0.05, 0) is 42.3 Å². The normalized spacial score (nSPS) is 12.8. The van der Waals surface area contributed by atoms with Gasteiger partial charge in [0.2, 0.25) is 0 Å². The van der Waals surface area contributed by atoms with Gasteiger partial charge < -0.3 is 5.32 Å². The van der Waals surface area contributed by atoms with Crippen molar-refractivity contribution in [1.82, 2.24) is 14.5 Å². The van der Waals surface area contributed by atoms with Crippen LogP contribution in [-0.4, -0.2) is 15.0 Å². The summed E-state index contributed by atoms with van der Waals surface area (Å²) in [4.78, 5) is 38.7. The molecule has 1 N–H and O–H groups in total. The summed E-state index contributed by atoms with van der Waals surface area (Å²) in [6, 6.07) is 8.85. The van der Waals surface area contributed by atoms with Crippen molar-refractivity contribution in [2.24, 2.45) is 0 Å². The van der Waals surface area contributed by atoms with Crippen LogP contribution in [0.25, 0.3) is 6.20 Å². The molecule has 6 nitrogen and oxygen atoms in total. The van der Waals surface area contributed by atoms with E-state index >= 15 is 0 Å². The molecule has 170 valence electrons. The first kappa shape index (κ1) is 22.7. The predicted octanol–water partition coefficient (Wildman–Crippen LogP) is 3.15. The minimum Gasteiger partial charge on any atom is -0.347 e. The Morgan fingerprint density at radius 1 is 1.03 bits per heavy atom. The molecule has 2 heterocycles. The lowest BCUT2D eigenvalue weighted by Gasteiger charge is -2.20. The Hall–Kier alpha value is -3.53. The van der Waals surface area contributed by atoms with E-state index in [-0.39, 0.29) is 35.1 Å². The number of amides is 1. The summed E-state index contributed by atoms with van der Waals surface area (Å²) in [6.07, 6.45) is 1.36. The molecule has 0 saturated carbocycles. The second-order valence-electron chi connectivity index (χ2n) is 7.46. The summed E-state index contributed by atoms with van der Waals surface area (Å²) < 4.78 is 42.0. The Bertz CT molecular complexity index is 1400. The third kappa shape index (κ3) is 4.65. The van der Waals surface area contributed by atoms with Crippen molar-refractivity contribution in [1.29, 1.82) is 0 Å². The lowest BCUT2D eigenvalue weighted by molar-refractivity contribution is -0.116. The number of aromatic nitrogens is 2. The van der Waals surface area contributed by atoms with Crippen LogP contribution >= 0.6 is 11.8 Å². The molecule has 0 spiro atoms. The molecule has 33 heavy (non-hydrogen) atoms. The molecule has 0 atom stereocenters. The van der Waals surface area contributed by atoms with E-state index in [0.29, 0.717) is 16.8 Å². The molecule has 1 aliphatic rings. The van der Waals surface area contributed by atoms with E-state index in [1.807, 2.05) is 0 Å². The summed E-state index contributed by atoms with van der Waals surface area (Å²) >= 11 is 1.19. The highest BCUT2D eigenvalue weighted by Crippen LogP contribution is 2.27. The molecule has 0 fully saturated rings. The van der Waals surface area contributed by atoms with Crippen LogP contribution in [0.15, 0.2) is 57.0 Å². The Balaban J connectivity index is 1.63. The molecular formula is C23H18F3N3O3S. The highest BCUT2D eigenvalue weighted by molar-refractivity contribution is 8.03. The molecule has 0 bridgehead atoms. The summed E-state index contributed by atoms with van der Waals surface area (Å²) in [7, 11) is 0. The van der Waals surface area contributed by atoms with Crippen LogP contribution in [0, 0.1) is 24.4 Å². The first-order chi connectivity index (χ1) is 15.7. The van der Waals surface area contributed by atoms with Crippen molar-refractivity contribution >= 4 is 23.9 Å². The van der Waals surface area contributed by atoms with Gasteiger partial charge in [0.15, 0.2) is 11.6 Å². The van der Waals surface area contributed by atoms with Gasteiger partial charge in [0.05, 0.1) is 11.4 Å². The van der Waals surface area contributed by atoms with Gasteiger partial charge in [-0.3, -0.25) is 18.7 Å². The molecule has 2 aromatic carbocycles. The van der Waals surface area contributed by atoms with Gasteiger partial charge in [-0.15, -0.1) is 11.8 Å². The number of fused-ring (bicyclic) bond motifs is 1. The van der Waals surface area contributed by atoms with Crippen molar-refractivity contribution in [3.05, 3.63) is 108 Å². The lowest BCUT2D eigenvalue weighted by Crippen LogP contribution is -2.42. The second-order valence-corrected chi connectivity index (χ2v) is 8.47. The summed E-state index contributed by atoms with van der Waals surface area (Å²) in [6.45, 7) is 1.50. The standard InChI is InChI=1S/C23H18F3N3O3S/c1-13-19-12-33-20(21(30)27-9-14-2-5-16(24)6-3-14)11-28(19)23(32)29(22(13)31)10-15-4-7-17(25)18(26)8-15/h2-8,11H,9-10,12H2,1H3,(H,27,30). The number of carbonyl (C=O) groups excluding carboxylic acids is 1. The van der Waals surface area contributed by atoms with Gasteiger partial charge in [-0.1, -0.05) is 18.2 Å². The third-order valence-corrected chi connectivity index (χ3v) is 6.27. The molecule has 0 radical (unpaired) electrons. The van der Waals surface area contributed by atoms with E-state index in [1.54, 1.807) is 19.1 Å². The maximum Gasteiger partial charge on any atom is 0.335 e. The Morgan fingerprint density at radius 3 is 2.42 bits per heavy atom. The fraction of sp³-hybridized carbons (Fsp3) is 0.174. The van der Waals surface area contributed by atoms with E-state index in [2.05, 4.69) is 5.32 Å². The molecule has 0 aliphatic carbocycles. The minimum atomic E-state index is -1.08. The second kappa shape index (κ2) is 9.14. The van der Waals surface area contributed by atoms with Crippen LogP contribution in [0.4, 0.5) is 13.2 Å². The number of nitrogens with zero attached hydrogens (tertiary/aromatic N) is 2. The molecule has 1 aromatic heterocycles. The molecule has 1 aliphatic heterocycles. The number of rotatable bonds is 5. The zero-order chi connectivity index (χ0) is 23.7. The zero-order valence-corrected chi connectivity index (χ0v) is 18.2. The molecule has 3 aromatic rings. The molecule has 0 saturated heterocycles. The number of thioether (sulfide) groups is 1. The van der Waals surface area contributed by atoms with Gasteiger partial charge in [-0.25, -0.2) is 18.0 Å². The average molecular weight is 473 g/mol. The topological polar surface area (TPSA) is 73.1 Å². The van der Waals surface area contributed by atoms with Crippen molar-refractivity contribution in [3.63, 3.8) is 0 Å². The van der Waals surface area contributed by atoms with Crippen molar-refractivity contribution in [2.45, 2.75) is 25.8 Å². The minimum absolute atomic E-state index is 0.174. The number of nitrogens with one attached hydrogen (secondary N) is 1. The average Bonchev–Trinajstić information content (AvgIpc) is 2.81. The number of carbonyl (C=O) groups is 1. The number of benzene rings is 2. The molecule has 0 unspecified atom stereocenters. The van der Waals surface area contributed by atoms with Crippen molar-refractivity contribution < 1.29 is 18.0 Å². The number of hydrogen-bond acceptors (Lipinski definition) is 4. The highest BCUT2D eigenvalue weighted by Gasteiger charge is 2.23. The maximum absolute atomic E-state index is 13.6. The fourth-order valence-corrected chi connectivity index (χ4v) is 4.44. The molecular weight excluding hydrogens is 455 g/mol. The Kier molecular flexibility index (Phi) is 6.28. The van der Waals surface area contributed by atoms with Crippen molar-refractivity contribution in [2.75, 3.05) is 0 Å².